The number of alkyl halides is 3. The average Bonchev–Trinajstić information content (AvgIpc) is 2.69. The zero-order valence-electron chi connectivity index (χ0n) is 10.4. The molecule has 0 fully saturated rings. The number of carboxylic acid groups (broad SMARTS) is 1. The van der Waals surface area contributed by atoms with E-state index in [4.69, 9.17) is 28.3 Å². The SMILES string of the molecule is Cc1cc(C(=O)O)n(-c2c(Cl)cc(C(F)(F)F)cc2Cl)n1. The van der Waals surface area contributed by atoms with Gasteiger partial charge in [-0.25, -0.2) is 9.48 Å². The fourth-order valence-electron chi connectivity index (χ4n) is 1.75. The predicted octanol–water partition coefficient (Wildman–Crippen LogP) is 4.20. The van der Waals surface area contributed by atoms with Gasteiger partial charge in [0.2, 0.25) is 0 Å². The predicted molar refractivity (Wildman–Crippen MR) is 70.3 cm³/mol. The van der Waals surface area contributed by atoms with Crippen molar-refractivity contribution >= 4 is 29.2 Å². The molecule has 0 atom stereocenters. The highest BCUT2D eigenvalue weighted by Crippen LogP contribution is 2.37. The number of hydrogen-bond acceptors (Lipinski definition) is 2. The van der Waals surface area contributed by atoms with E-state index >= 15 is 0 Å². The number of aromatic carboxylic acids is 1. The number of benzene rings is 1. The van der Waals surface area contributed by atoms with Crippen LogP contribution in [0.2, 0.25) is 10.0 Å². The summed E-state index contributed by atoms with van der Waals surface area (Å²) in [5.74, 6) is -1.30. The highest BCUT2D eigenvalue weighted by molar-refractivity contribution is 6.38. The lowest BCUT2D eigenvalue weighted by Crippen LogP contribution is -2.11. The Bertz CT molecular complexity index is 703. The van der Waals surface area contributed by atoms with Crippen LogP contribution in [0.4, 0.5) is 13.2 Å². The van der Waals surface area contributed by atoms with Gasteiger partial charge in [0.15, 0.2) is 5.69 Å². The first kappa shape index (κ1) is 15.7. The second-order valence-corrected chi connectivity index (χ2v) is 4.99. The van der Waals surface area contributed by atoms with Crippen LogP contribution >= 0.6 is 23.2 Å². The lowest BCUT2D eigenvalue weighted by atomic mass is 10.2. The Morgan fingerprint density at radius 1 is 1.24 bits per heavy atom. The molecule has 1 N–H and O–H groups in total. The van der Waals surface area contributed by atoms with E-state index in [2.05, 4.69) is 5.10 Å². The summed E-state index contributed by atoms with van der Waals surface area (Å²) in [6.07, 6.45) is -4.61. The molecule has 0 bridgehead atoms. The van der Waals surface area contributed by atoms with Crippen LogP contribution < -0.4 is 0 Å². The van der Waals surface area contributed by atoms with Crippen molar-refractivity contribution in [3.05, 3.63) is 45.2 Å². The van der Waals surface area contributed by atoms with Gasteiger partial charge in [-0.2, -0.15) is 18.3 Å². The molecule has 1 aromatic heterocycles. The van der Waals surface area contributed by atoms with Crippen molar-refractivity contribution in [3.63, 3.8) is 0 Å². The molecule has 0 saturated heterocycles. The Morgan fingerprint density at radius 2 is 1.76 bits per heavy atom. The summed E-state index contributed by atoms with van der Waals surface area (Å²) in [7, 11) is 0. The molecule has 0 aliphatic carbocycles. The van der Waals surface area contributed by atoms with Crippen LogP contribution in [0.3, 0.4) is 0 Å². The maximum atomic E-state index is 12.7. The van der Waals surface area contributed by atoms with E-state index in [1.807, 2.05) is 0 Å². The normalized spacial score (nSPS) is 11.7. The lowest BCUT2D eigenvalue weighted by molar-refractivity contribution is -0.137. The third kappa shape index (κ3) is 2.98. The summed E-state index contributed by atoms with van der Waals surface area (Å²) in [5, 5.41) is 12.3. The molecule has 0 saturated carbocycles. The molecular weight excluding hydrogens is 332 g/mol. The number of aryl methyl sites for hydroxylation is 1. The Balaban J connectivity index is 2.69. The maximum absolute atomic E-state index is 12.7. The van der Waals surface area contributed by atoms with E-state index in [-0.39, 0.29) is 21.4 Å². The van der Waals surface area contributed by atoms with E-state index in [9.17, 15) is 18.0 Å². The zero-order valence-corrected chi connectivity index (χ0v) is 11.9. The molecule has 0 aliphatic rings. The quantitative estimate of drug-likeness (QED) is 0.892. The van der Waals surface area contributed by atoms with Crippen LogP contribution in [-0.2, 0) is 6.18 Å². The highest BCUT2D eigenvalue weighted by atomic mass is 35.5. The molecule has 0 amide bonds. The molecule has 1 aromatic carbocycles. The second kappa shape index (κ2) is 5.23. The first-order valence-corrected chi connectivity index (χ1v) is 6.23. The molecular formula is C12H7Cl2F3N2O2. The minimum atomic E-state index is -4.61. The summed E-state index contributed by atoms with van der Waals surface area (Å²) in [6, 6.07) is 2.60. The van der Waals surface area contributed by atoms with Gasteiger partial charge in [-0.15, -0.1) is 0 Å². The molecule has 0 spiro atoms. The third-order valence-electron chi connectivity index (χ3n) is 2.61. The molecule has 9 heteroatoms. The molecule has 4 nitrogen and oxygen atoms in total. The van der Waals surface area contributed by atoms with Crippen molar-refractivity contribution in [3.8, 4) is 5.69 Å². The molecule has 21 heavy (non-hydrogen) atoms. The summed E-state index contributed by atoms with van der Waals surface area (Å²) < 4.78 is 38.9. The number of nitrogens with zero attached hydrogens (tertiary/aromatic N) is 2. The van der Waals surface area contributed by atoms with Gasteiger partial charge in [0.25, 0.3) is 0 Å². The third-order valence-corrected chi connectivity index (χ3v) is 3.18. The Kier molecular flexibility index (Phi) is 3.90. The molecule has 0 unspecified atom stereocenters. The van der Waals surface area contributed by atoms with Gasteiger partial charge in [0.05, 0.1) is 21.3 Å². The van der Waals surface area contributed by atoms with Gasteiger partial charge in [0, 0.05) is 0 Å². The van der Waals surface area contributed by atoms with E-state index in [1.54, 1.807) is 0 Å². The van der Waals surface area contributed by atoms with Gasteiger partial charge < -0.3 is 5.11 Å². The second-order valence-electron chi connectivity index (χ2n) is 4.17. The fraction of sp³-hybridized carbons (Fsp3) is 0.167. The lowest BCUT2D eigenvalue weighted by Gasteiger charge is -2.13. The Labute approximate surface area is 126 Å². The fourth-order valence-corrected chi connectivity index (χ4v) is 2.40. The first-order valence-electron chi connectivity index (χ1n) is 5.48. The van der Waals surface area contributed by atoms with Gasteiger partial charge in [-0.1, -0.05) is 23.2 Å². The van der Waals surface area contributed by atoms with Crippen molar-refractivity contribution in [1.82, 2.24) is 9.78 Å². The van der Waals surface area contributed by atoms with Crippen LogP contribution in [0.25, 0.3) is 5.69 Å². The number of hydrogen-bond donors (Lipinski definition) is 1. The average molecular weight is 339 g/mol. The van der Waals surface area contributed by atoms with E-state index in [0.717, 1.165) is 4.68 Å². The summed E-state index contributed by atoms with van der Waals surface area (Å²) >= 11 is 11.6. The summed E-state index contributed by atoms with van der Waals surface area (Å²) in [5.41, 5.74) is -1.03. The molecule has 2 aromatic rings. The van der Waals surface area contributed by atoms with E-state index in [0.29, 0.717) is 17.8 Å². The first-order chi connectivity index (χ1) is 9.61. The van der Waals surface area contributed by atoms with Crippen LogP contribution in [0, 0.1) is 6.92 Å². The standard InChI is InChI=1S/C12H7Cl2F3N2O2/c1-5-2-9(11(20)21)19(18-5)10-7(13)3-6(4-8(10)14)12(15,16)17/h2-4H,1H3,(H,20,21). The van der Waals surface area contributed by atoms with Gasteiger partial charge in [-0.05, 0) is 25.1 Å². The zero-order chi connectivity index (χ0) is 15.9. The minimum Gasteiger partial charge on any atom is -0.477 e. The van der Waals surface area contributed by atoms with Gasteiger partial charge >= 0.3 is 12.1 Å². The molecule has 1 heterocycles. The number of carbonyl (C=O) groups is 1. The molecule has 112 valence electrons. The van der Waals surface area contributed by atoms with Crippen molar-refractivity contribution in [2.45, 2.75) is 13.1 Å². The monoisotopic (exact) mass is 338 g/mol. The number of carboxylic acids is 1. The highest BCUT2D eigenvalue weighted by Gasteiger charge is 2.32. The molecule has 0 aliphatic heterocycles. The Hall–Kier alpha value is -1.73. The maximum Gasteiger partial charge on any atom is 0.416 e. The smallest absolute Gasteiger partial charge is 0.416 e. The topological polar surface area (TPSA) is 55.1 Å². The Morgan fingerprint density at radius 3 is 2.19 bits per heavy atom. The van der Waals surface area contributed by atoms with Gasteiger partial charge in [0.1, 0.15) is 5.69 Å². The van der Waals surface area contributed by atoms with Crippen molar-refractivity contribution < 1.29 is 23.1 Å². The van der Waals surface area contributed by atoms with Gasteiger partial charge in [-0.3, -0.25) is 0 Å². The van der Waals surface area contributed by atoms with Crippen molar-refractivity contribution in [2.75, 3.05) is 0 Å². The largest absolute Gasteiger partial charge is 0.477 e. The minimum absolute atomic E-state index is 0.114. The van der Waals surface area contributed by atoms with Crippen LogP contribution in [0.5, 0.6) is 0 Å². The van der Waals surface area contributed by atoms with Crippen LogP contribution in [0.15, 0.2) is 18.2 Å². The van der Waals surface area contributed by atoms with E-state index < -0.39 is 17.7 Å². The number of aromatic nitrogens is 2. The number of rotatable bonds is 2. The van der Waals surface area contributed by atoms with E-state index in [1.165, 1.54) is 13.0 Å². The number of halogens is 5. The summed E-state index contributed by atoms with van der Waals surface area (Å²) in [6.45, 7) is 1.54. The van der Waals surface area contributed by atoms with Crippen LogP contribution in [-0.4, -0.2) is 20.9 Å². The molecule has 0 radical (unpaired) electrons. The van der Waals surface area contributed by atoms with Crippen LogP contribution in [0.1, 0.15) is 21.7 Å². The summed E-state index contributed by atoms with van der Waals surface area (Å²) in [4.78, 5) is 11.1. The molecule has 2 rings (SSSR count). The van der Waals surface area contributed by atoms with Crippen molar-refractivity contribution in [1.29, 1.82) is 0 Å². The van der Waals surface area contributed by atoms with Crippen molar-refractivity contribution in [2.24, 2.45) is 0 Å².